The molecule has 2 heteroatoms. The minimum absolute atomic E-state index is 0.293. The van der Waals surface area contributed by atoms with E-state index in [2.05, 4.69) is 56.9 Å². The zero-order valence-electron chi connectivity index (χ0n) is 14.9. The summed E-state index contributed by atoms with van der Waals surface area (Å²) in [5.74, 6) is 1.00. The highest BCUT2D eigenvalue weighted by atomic mass is 16.5. The molecule has 0 bridgehead atoms. The summed E-state index contributed by atoms with van der Waals surface area (Å²) in [7, 11) is 0. The lowest BCUT2D eigenvalue weighted by molar-refractivity contribution is 0.133. The fourth-order valence-electron chi connectivity index (χ4n) is 3.38. The van der Waals surface area contributed by atoms with Crippen LogP contribution in [0, 0.1) is 0 Å². The van der Waals surface area contributed by atoms with Gasteiger partial charge in [-0.3, -0.25) is 4.90 Å². The molecule has 2 rings (SSSR count). The Hall–Kier alpha value is -1.02. The second kappa shape index (κ2) is 8.01. The van der Waals surface area contributed by atoms with Crippen molar-refractivity contribution in [1.82, 2.24) is 4.90 Å². The second-order valence-electron chi connectivity index (χ2n) is 7.02. The zero-order chi connectivity index (χ0) is 16.0. The second-order valence-corrected chi connectivity index (χ2v) is 7.02. The van der Waals surface area contributed by atoms with Crippen molar-refractivity contribution < 1.29 is 4.74 Å². The standard InChI is InChI=1S/C20H33NO/c1-5-20(4,6-2)18-10-12-19(13-11-18)22-16-15-21-14-8-7-9-17(21)3/h10-13,17H,5-9,14-16H2,1-4H3. The largest absolute Gasteiger partial charge is 0.492 e. The van der Waals surface area contributed by atoms with Crippen molar-refractivity contribution in [2.45, 2.75) is 71.3 Å². The van der Waals surface area contributed by atoms with Gasteiger partial charge in [0.25, 0.3) is 0 Å². The highest BCUT2D eigenvalue weighted by molar-refractivity contribution is 5.31. The monoisotopic (exact) mass is 303 g/mol. The lowest BCUT2D eigenvalue weighted by atomic mass is 9.78. The van der Waals surface area contributed by atoms with Gasteiger partial charge in [-0.1, -0.05) is 39.3 Å². The molecular formula is C20H33NO. The maximum atomic E-state index is 5.95. The summed E-state index contributed by atoms with van der Waals surface area (Å²) in [6.07, 6.45) is 6.41. The van der Waals surface area contributed by atoms with Crippen LogP contribution in [0.15, 0.2) is 24.3 Å². The molecule has 0 aliphatic carbocycles. The van der Waals surface area contributed by atoms with E-state index in [1.165, 1.54) is 44.2 Å². The van der Waals surface area contributed by atoms with Gasteiger partial charge in [-0.2, -0.15) is 0 Å². The molecule has 2 nitrogen and oxygen atoms in total. The van der Waals surface area contributed by atoms with E-state index in [1.54, 1.807) is 0 Å². The first-order valence-corrected chi connectivity index (χ1v) is 9.06. The summed E-state index contributed by atoms with van der Waals surface area (Å²) < 4.78 is 5.95. The molecule has 1 aliphatic heterocycles. The molecule has 1 heterocycles. The van der Waals surface area contributed by atoms with E-state index in [1.807, 2.05) is 0 Å². The summed E-state index contributed by atoms with van der Waals surface area (Å²) in [5.41, 5.74) is 1.72. The Morgan fingerprint density at radius 3 is 2.41 bits per heavy atom. The Balaban J connectivity index is 1.84. The fraction of sp³-hybridized carbons (Fsp3) is 0.700. The Labute approximate surface area is 136 Å². The maximum Gasteiger partial charge on any atom is 0.119 e. The predicted molar refractivity (Wildman–Crippen MR) is 94.8 cm³/mol. The van der Waals surface area contributed by atoms with Crippen LogP contribution < -0.4 is 4.74 Å². The smallest absolute Gasteiger partial charge is 0.119 e. The average Bonchev–Trinajstić information content (AvgIpc) is 2.56. The molecule has 1 aliphatic rings. The van der Waals surface area contributed by atoms with Gasteiger partial charge in [0, 0.05) is 12.6 Å². The third-order valence-corrected chi connectivity index (χ3v) is 5.70. The topological polar surface area (TPSA) is 12.5 Å². The molecule has 1 aromatic rings. The van der Waals surface area contributed by atoms with Gasteiger partial charge in [0.05, 0.1) is 0 Å². The van der Waals surface area contributed by atoms with E-state index < -0.39 is 0 Å². The van der Waals surface area contributed by atoms with Crippen molar-refractivity contribution >= 4 is 0 Å². The molecule has 0 N–H and O–H groups in total. The molecule has 0 aromatic heterocycles. The number of nitrogens with zero attached hydrogens (tertiary/aromatic N) is 1. The van der Waals surface area contributed by atoms with Crippen LogP contribution in [-0.2, 0) is 5.41 Å². The number of likely N-dealkylation sites (tertiary alicyclic amines) is 1. The predicted octanol–water partition coefficient (Wildman–Crippen LogP) is 5.02. The third kappa shape index (κ3) is 4.25. The summed E-state index contributed by atoms with van der Waals surface area (Å²) >= 11 is 0. The van der Waals surface area contributed by atoms with Gasteiger partial charge in [0.2, 0.25) is 0 Å². The lowest BCUT2D eigenvalue weighted by Crippen LogP contribution is -2.39. The molecule has 1 unspecified atom stereocenters. The van der Waals surface area contributed by atoms with Crippen LogP contribution in [0.4, 0.5) is 0 Å². The Bertz CT molecular complexity index is 436. The van der Waals surface area contributed by atoms with Crippen molar-refractivity contribution in [3.63, 3.8) is 0 Å². The number of ether oxygens (including phenoxy) is 1. The van der Waals surface area contributed by atoms with Crippen LogP contribution in [0.5, 0.6) is 5.75 Å². The van der Waals surface area contributed by atoms with E-state index >= 15 is 0 Å². The van der Waals surface area contributed by atoms with Crippen LogP contribution in [0.2, 0.25) is 0 Å². The van der Waals surface area contributed by atoms with Gasteiger partial charge in [0.1, 0.15) is 12.4 Å². The molecule has 1 atom stereocenters. The molecule has 0 radical (unpaired) electrons. The molecule has 0 saturated carbocycles. The van der Waals surface area contributed by atoms with Crippen LogP contribution in [-0.4, -0.2) is 30.6 Å². The first kappa shape index (κ1) is 17.3. The normalized spacial score (nSPS) is 20.1. The van der Waals surface area contributed by atoms with Crippen LogP contribution in [0.3, 0.4) is 0 Å². The highest BCUT2D eigenvalue weighted by Crippen LogP contribution is 2.31. The summed E-state index contributed by atoms with van der Waals surface area (Å²) in [6.45, 7) is 12.3. The third-order valence-electron chi connectivity index (χ3n) is 5.70. The first-order chi connectivity index (χ1) is 10.6. The lowest BCUT2D eigenvalue weighted by Gasteiger charge is -2.33. The SMILES string of the molecule is CCC(C)(CC)c1ccc(OCCN2CCCCC2C)cc1. The molecule has 124 valence electrons. The van der Waals surface area contributed by atoms with E-state index in [-0.39, 0.29) is 0 Å². The number of hydrogen-bond donors (Lipinski definition) is 0. The van der Waals surface area contributed by atoms with Gasteiger partial charge in [-0.15, -0.1) is 0 Å². The van der Waals surface area contributed by atoms with Crippen molar-refractivity contribution in [2.24, 2.45) is 0 Å². The summed E-state index contributed by atoms with van der Waals surface area (Å²) in [4.78, 5) is 2.56. The van der Waals surface area contributed by atoms with E-state index in [0.717, 1.165) is 24.9 Å². The fourth-order valence-corrected chi connectivity index (χ4v) is 3.38. The molecule has 1 fully saturated rings. The van der Waals surface area contributed by atoms with E-state index in [0.29, 0.717) is 5.41 Å². The van der Waals surface area contributed by atoms with Crippen LogP contribution in [0.25, 0.3) is 0 Å². The average molecular weight is 303 g/mol. The highest BCUT2D eigenvalue weighted by Gasteiger charge is 2.22. The minimum Gasteiger partial charge on any atom is -0.492 e. The van der Waals surface area contributed by atoms with E-state index in [4.69, 9.17) is 4.74 Å². The Morgan fingerprint density at radius 2 is 1.82 bits per heavy atom. The molecular weight excluding hydrogens is 270 g/mol. The molecule has 22 heavy (non-hydrogen) atoms. The number of hydrogen-bond acceptors (Lipinski definition) is 2. The van der Waals surface area contributed by atoms with Crippen molar-refractivity contribution in [2.75, 3.05) is 19.7 Å². The molecule has 1 saturated heterocycles. The Morgan fingerprint density at radius 1 is 1.14 bits per heavy atom. The van der Waals surface area contributed by atoms with Gasteiger partial charge >= 0.3 is 0 Å². The Kier molecular flexibility index (Phi) is 6.31. The number of piperidine rings is 1. The van der Waals surface area contributed by atoms with E-state index in [9.17, 15) is 0 Å². The number of rotatable bonds is 7. The van der Waals surface area contributed by atoms with Crippen molar-refractivity contribution in [3.05, 3.63) is 29.8 Å². The number of benzene rings is 1. The molecule has 0 spiro atoms. The summed E-state index contributed by atoms with van der Waals surface area (Å²) in [6, 6.07) is 9.48. The molecule has 0 amide bonds. The van der Waals surface area contributed by atoms with Gasteiger partial charge in [-0.25, -0.2) is 0 Å². The molecule has 1 aromatic carbocycles. The summed E-state index contributed by atoms with van der Waals surface area (Å²) in [5, 5.41) is 0. The zero-order valence-corrected chi connectivity index (χ0v) is 14.9. The van der Waals surface area contributed by atoms with Crippen LogP contribution >= 0.6 is 0 Å². The van der Waals surface area contributed by atoms with Gasteiger partial charge in [-0.05, 0) is 62.3 Å². The van der Waals surface area contributed by atoms with Crippen LogP contribution in [0.1, 0.15) is 65.4 Å². The van der Waals surface area contributed by atoms with Crippen molar-refractivity contribution in [3.8, 4) is 5.75 Å². The quantitative estimate of drug-likeness (QED) is 0.701. The van der Waals surface area contributed by atoms with Gasteiger partial charge in [0.15, 0.2) is 0 Å². The maximum absolute atomic E-state index is 5.95. The van der Waals surface area contributed by atoms with Crippen molar-refractivity contribution in [1.29, 1.82) is 0 Å². The first-order valence-electron chi connectivity index (χ1n) is 9.06. The van der Waals surface area contributed by atoms with Gasteiger partial charge < -0.3 is 4.74 Å². The minimum atomic E-state index is 0.293.